The van der Waals surface area contributed by atoms with E-state index in [0.29, 0.717) is 5.56 Å². The zero-order valence-corrected chi connectivity index (χ0v) is 9.82. The number of ketones is 1. The van der Waals surface area contributed by atoms with E-state index < -0.39 is 0 Å². The van der Waals surface area contributed by atoms with Crippen LogP contribution in [0.5, 0.6) is 0 Å². The number of esters is 1. The molecule has 16 heavy (non-hydrogen) atoms. The van der Waals surface area contributed by atoms with Crippen LogP contribution in [0.3, 0.4) is 0 Å². The number of methoxy groups -OCH3 is 1. The Labute approximate surface area is 95.4 Å². The van der Waals surface area contributed by atoms with E-state index >= 15 is 0 Å². The van der Waals surface area contributed by atoms with Crippen molar-refractivity contribution in [2.45, 2.75) is 20.3 Å². The van der Waals surface area contributed by atoms with E-state index in [1.165, 1.54) is 7.11 Å². The number of benzene rings is 1. The number of hydrogen-bond donors (Lipinski definition) is 0. The van der Waals surface area contributed by atoms with Gasteiger partial charge in [-0.15, -0.1) is 0 Å². The number of carbonyl (C=O) groups excluding carboxylic acids is 2. The zero-order valence-electron chi connectivity index (χ0n) is 9.82. The van der Waals surface area contributed by atoms with Crippen LogP contribution in [0.1, 0.15) is 29.8 Å². The van der Waals surface area contributed by atoms with Gasteiger partial charge in [0.05, 0.1) is 13.5 Å². The van der Waals surface area contributed by atoms with E-state index in [4.69, 9.17) is 0 Å². The van der Waals surface area contributed by atoms with E-state index in [9.17, 15) is 9.59 Å². The van der Waals surface area contributed by atoms with Gasteiger partial charge in [-0.05, 0) is 5.56 Å². The minimum absolute atomic E-state index is 0.0551. The normalized spacial score (nSPS) is 10.2. The Morgan fingerprint density at radius 2 is 1.88 bits per heavy atom. The van der Waals surface area contributed by atoms with Crippen LogP contribution in [0, 0.1) is 5.92 Å². The van der Waals surface area contributed by atoms with Crippen molar-refractivity contribution in [1.29, 1.82) is 0 Å². The van der Waals surface area contributed by atoms with Crippen molar-refractivity contribution >= 4 is 11.8 Å². The Morgan fingerprint density at radius 3 is 2.44 bits per heavy atom. The van der Waals surface area contributed by atoms with Crippen LogP contribution in [0.2, 0.25) is 0 Å². The molecule has 0 saturated heterocycles. The van der Waals surface area contributed by atoms with Crippen LogP contribution in [0.25, 0.3) is 0 Å². The lowest BCUT2D eigenvalue weighted by atomic mass is 9.95. The summed E-state index contributed by atoms with van der Waals surface area (Å²) in [6.45, 7) is 3.69. The number of ether oxygens (including phenoxy) is 1. The molecule has 0 aliphatic rings. The van der Waals surface area contributed by atoms with Crippen molar-refractivity contribution < 1.29 is 14.3 Å². The zero-order chi connectivity index (χ0) is 12.1. The second kappa shape index (κ2) is 5.45. The minimum Gasteiger partial charge on any atom is -0.469 e. The van der Waals surface area contributed by atoms with Crippen LogP contribution in [-0.4, -0.2) is 18.9 Å². The molecule has 3 heteroatoms. The van der Waals surface area contributed by atoms with Crippen molar-refractivity contribution in [2.24, 2.45) is 5.92 Å². The molecule has 0 atom stereocenters. The predicted octanol–water partition coefficient (Wildman–Crippen LogP) is 2.24. The van der Waals surface area contributed by atoms with Crippen molar-refractivity contribution in [3.63, 3.8) is 0 Å². The highest BCUT2D eigenvalue weighted by Gasteiger charge is 2.16. The van der Waals surface area contributed by atoms with Crippen molar-refractivity contribution in [2.75, 3.05) is 7.11 Å². The fraction of sp³-hybridized carbons (Fsp3) is 0.385. The van der Waals surface area contributed by atoms with Crippen LogP contribution < -0.4 is 0 Å². The average molecular weight is 220 g/mol. The Kier molecular flexibility index (Phi) is 4.23. The molecule has 0 saturated carbocycles. The van der Waals surface area contributed by atoms with Gasteiger partial charge in [0.2, 0.25) is 0 Å². The van der Waals surface area contributed by atoms with E-state index in [0.717, 1.165) is 5.56 Å². The summed E-state index contributed by atoms with van der Waals surface area (Å²) in [5.74, 6) is -0.345. The summed E-state index contributed by atoms with van der Waals surface area (Å²) >= 11 is 0. The molecule has 0 spiro atoms. The maximum absolute atomic E-state index is 11.9. The van der Waals surface area contributed by atoms with Crippen molar-refractivity contribution in [3.05, 3.63) is 35.4 Å². The molecule has 0 unspecified atom stereocenters. The predicted molar refractivity (Wildman–Crippen MR) is 61.3 cm³/mol. The van der Waals surface area contributed by atoms with Crippen LogP contribution in [-0.2, 0) is 16.0 Å². The van der Waals surface area contributed by atoms with E-state index in [2.05, 4.69) is 4.74 Å². The van der Waals surface area contributed by atoms with E-state index in [1.807, 2.05) is 19.9 Å². The van der Waals surface area contributed by atoms with Crippen LogP contribution in [0.4, 0.5) is 0 Å². The Balaban J connectivity index is 3.00. The smallest absolute Gasteiger partial charge is 0.310 e. The Morgan fingerprint density at radius 1 is 1.25 bits per heavy atom. The van der Waals surface area contributed by atoms with Gasteiger partial charge >= 0.3 is 5.97 Å². The molecule has 0 amide bonds. The SMILES string of the molecule is COC(=O)Cc1ccccc1C(=O)C(C)C. The number of carbonyl (C=O) groups is 2. The second-order valence-electron chi connectivity index (χ2n) is 3.93. The maximum Gasteiger partial charge on any atom is 0.310 e. The first-order valence-corrected chi connectivity index (χ1v) is 5.25. The maximum atomic E-state index is 11.9. The molecule has 1 aromatic rings. The summed E-state index contributed by atoms with van der Waals surface area (Å²) in [4.78, 5) is 23.1. The Bertz CT molecular complexity index is 394. The van der Waals surface area contributed by atoms with Crippen molar-refractivity contribution in [1.82, 2.24) is 0 Å². The fourth-order valence-corrected chi connectivity index (χ4v) is 1.45. The summed E-state index contributed by atoms with van der Waals surface area (Å²) in [5.41, 5.74) is 1.34. The first-order chi connectivity index (χ1) is 7.56. The molecule has 86 valence electrons. The number of rotatable bonds is 4. The molecular weight excluding hydrogens is 204 g/mol. The number of hydrogen-bond acceptors (Lipinski definition) is 3. The molecule has 0 radical (unpaired) electrons. The summed E-state index contributed by atoms with van der Waals surface area (Å²) in [7, 11) is 1.34. The molecule has 0 heterocycles. The molecule has 0 bridgehead atoms. The van der Waals surface area contributed by atoms with Gasteiger partial charge in [-0.25, -0.2) is 0 Å². The first-order valence-electron chi connectivity index (χ1n) is 5.25. The summed E-state index contributed by atoms with van der Waals surface area (Å²) < 4.78 is 4.60. The third-order valence-corrected chi connectivity index (χ3v) is 2.37. The molecule has 0 aliphatic heterocycles. The molecule has 0 fully saturated rings. The molecule has 0 N–H and O–H groups in total. The second-order valence-corrected chi connectivity index (χ2v) is 3.93. The van der Waals surface area contributed by atoms with Gasteiger partial charge in [0, 0.05) is 11.5 Å². The summed E-state index contributed by atoms with van der Waals surface area (Å²) in [6, 6.07) is 7.15. The van der Waals surface area contributed by atoms with E-state index in [-0.39, 0.29) is 24.1 Å². The largest absolute Gasteiger partial charge is 0.469 e. The topological polar surface area (TPSA) is 43.4 Å². The third kappa shape index (κ3) is 2.92. The molecule has 1 aromatic carbocycles. The van der Waals surface area contributed by atoms with Gasteiger partial charge in [0.25, 0.3) is 0 Å². The third-order valence-electron chi connectivity index (χ3n) is 2.37. The minimum atomic E-state index is -0.330. The van der Waals surface area contributed by atoms with Crippen LogP contribution in [0.15, 0.2) is 24.3 Å². The van der Waals surface area contributed by atoms with Gasteiger partial charge in [-0.1, -0.05) is 38.1 Å². The monoisotopic (exact) mass is 220 g/mol. The first kappa shape index (κ1) is 12.4. The molecular formula is C13H16O3. The molecule has 1 rings (SSSR count). The fourth-order valence-electron chi connectivity index (χ4n) is 1.45. The lowest BCUT2D eigenvalue weighted by Crippen LogP contribution is -2.13. The highest BCUT2D eigenvalue weighted by atomic mass is 16.5. The van der Waals surface area contributed by atoms with Crippen LogP contribution >= 0.6 is 0 Å². The molecule has 3 nitrogen and oxygen atoms in total. The summed E-state index contributed by atoms with van der Waals surface area (Å²) in [6.07, 6.45) is 0.144. The highest BCUT2D eigenvalue weighted by molar-refractivity contribution is 5.99. The summed E-state index contributed by atoms with van der Waals surface area (Å²) in [5, 5.41) is 0. The van der Waals surface area contributed by atoms with Gasteiger partial charge < -0.3 is 4.74 Å². The standard InChI is InChI=1S/C13H16O3/c1-9(2)13(15)11-7-5-4-6-10(11)8-12(14)16-3/h4-7,9H,8H2,1-3H3. The average Bonchev–Trinajstić information content (AvgIpc) is 2.28. The lowest BCUT2D eigenvalue weighted by molar-refractivity contribution is -0.139. The van der Waals surface area contributed by atoms with Gasteiger partial charge in [-0.3, -0.25) is 9.59 Å². The lowest BCUT2D eigenvalue weighted by Gasteiger charge is -2.09. The highest BCUT2D eigenvalue weighted by Crippen LogP contribution is 2.15. The number of Topliss-reactive ketones (excluding diaryl/α,β-unsaturated/α-hetero) is 1. The van der Waals surface area contributed by atoms with Crippen molar-refractivity contribution in [3.8, 4) is 0 Å². The van der Waals surface area contributed by atoms with Gasteiger partial charge in [0.15, 0.2) is 5.78 Å². The molecule has 0 aromatic heterocycles. The van der Waals surface area contributed by atoms with Gasteiger partial charge in [-0.2, -0.15) is 0 Å². The van der Waals surface area contributed by atoms with E-state index in [1.54, 1.807) is 18.2 Å². The quantitative estimate of drug-likeness (QED) is 0.577. The Hall–Kier alpha value is -1.64. The van der Waals surface area contributed by atoms with Gasteiger partial charge in [0.1, 0.15) is 0 Å². The molecule has 0 aliphatic carbocycles.